The summed E-state index contributed by atoms with van der Waals surface area (Å²) in [5, 5.41) is 24.8. The van der Waals surface area contributed by atoms with E-state index in [9.17, 15) is 19.8 Å². The van der Waals surface area contributed by atoms with Crippen LogP contribution in [0.5, 0.6) is 0 Å². The number of benzene rings is 4. The number of anilines is 1. The molecule has 0 unspecified atom stereocenters. The number of halogens is 1. The van der Waals surface area contributed by atoms with Crippen LogP contribution in [0.3, 0.4) is 0 Å². The van der Waals surface area contributed by atoms with Crippen molar-refractivity contribution in [3.8, 4) is 0 Å². The van der Waals surface area contributed by atoms with Crippen LogP contribution in [-0.4, -0.2) is 45.5 Å². The molecule has 0 saturated carbocycles. The Bertz CT molecular complexity index is 2450. The van der Waals surface area contributed by atoms with E-state index >= 15 is 0 Å². The molecule has 0 spiro atoms. The molecule has 0 fully saturated rings. The maximum atomic E-state index is 11.9. The molecule has 6 nitrogen and oxygen atoms in total. The molecule has 3 aliphatic rings. The van der Waals surface area contributed by atoms with Crippen LogP contribution in [0, 0.1) is 26.0 Å². The maximum absolute atomic E-state index is 11.9. The number of aryl methyl sites for hydroxylation is 2. The van der Waals surface area contributed by atoms with E-state index in [2.05, 4.69) is 124 Å². The van der Waals surface area contributed by atoms with Crippen LogP contribution in [0.15, 0.2) is 94.7 Å². The van der Waals surface area contributed by atoms with Gasteiger partial charge in [-0.2, -0.15) is 0 Å². The molecule has 0 amide bonds. The number of rotatable bonds is 13. The van der Waals surface area contributed by atoms with Crippen molar-refractivity contribution in [2.24, 2.45) is 0 Å². The van der Waals surface area contributed by atoms with Crippen molar-refractivity contribution in [3.05, 3.63) is 129 Å². The summed E-state index contributed by atoms with van der Waals surface area (Å²) in [6.07, 6.45) is 14.9. The Morgan fingerprint density at radius 2 is 1.39 bits per heavy atom. The number of aliphatic carboxylic acids is 2. The Morgan fingerprint density at radius 3 is 1.98 bits per heavy atom. The van der Waals surface area contributed by atoms with Gasteiger partial charge in [-0.05, 0) is 73.8 Å². The van der Waals surface area contributed by atoms with Gasteiger partial charge >= 0.3 is 11.9 Å². The molecule has 2 heterocycles. The van der Waals surface area contributed by atoms with Crippen molar-refractivity contribution >= 4 is 62.2 Å². The van der Waals surface area contributed by atoms with E-state index in [0.29, 0.717) is 13.1 Å². The van der Waals surface area contributed by atoms with Crippen LogP contribution in [0.25, 0.3) is 21.5 Å². The third-order valence-electron chi connectivity index (χ3n) is 13.0. The molecule has 9 heteroatoms. The second kappa shape index (κ2) is 19.5. The minimum atomic E-state index is -0.821. The fourth-order valence-electron chi connectivity index (χ4n) is 10.1. The average Bonchev–Trinajstić information content (AvgIpc) is 3.63. The smallest absolute Gasteiger partial charge is 0.309 e. The minimum absolute atomic E-state index is 0. The first-order chi connectivity index (χ1) is 27.4. The first-order valence-corrected chi connectivity index (χ1v) is 21.1. The third kappa shape index (κ3) is 8.57. The van der Waals surface area contributed by atoms with E-state index in [1.165, 1.54) is 11.1 Å². The van der Waals surface area contributed by atoms with Crippen molar-refractivity contribution in [2.75, 3.05) is 18.0 Å². The topological polar surface area (TPSA) is 80.9 Å². The molecule has 0 bridgehead atoms. The second-order valence-corrected chi connectivity index (χ2v) is 16.4. The van der Waals surface area contributed by atoms with E-state index in [1.807, 2.05) is 12.1 Å². The van der Waals surface area contributed by atoms with Crippen LogP contribution in [0.4, 0.5) is 11.4 Å². The standard InChI is InChI=1S/C50H54ClN2O4.2Y/c1-7-49(8-2)42(52(28-26-44(54)55)40-22-16-36-30-32(5)14-20-38(36)46(40)49)24-18-34-12-11-13-35(48(34)51)19-25-43-50(9-3,10-4)47-39-21-15-33(6)31-37(39)17-23-41(47)53(43)29-27-45(56)57;;/h14-19,22-25,30-31H,7-13,26-29H2,1-6H3,(H,54,55)(H,56,57);;/q-1;;. The molecular formula is C50H54ClN2O4Y2-. The third-order valence-corrected chi connectivity index (χ3v) is 13.5. The SMILES string of the molecule is CCC1(CC)C(/C=C/C2=C(Cl)C(=C/C=C3/N(CCC(=O)O)c4ccc5cc(C)c[c-]c5c4C3(CC)CC)/CCC2)=[N+](CCC(=O)O)c2ccc3cc(C)c[c-]c3c21.[Y].[Y]. The second-order valence-electron chi connectivity index (χ2n) is 16.0. The Balaban J connectivity index is 0.00000331. The van der Waals surface area contributed by atoms with Crippen molar-refractivity contribution in [1.82, 2.24) is 0 Å². The molecule has 7 rings (SSSR count). The van der Waals surface area contributed by atoms with Gasteiger partial charge in [-0.3, -0.25) is 9.59 Å². The zero-order valence-electron chi connectivity index (χ0n) is 35.3. The molecular weight excluding hydrogens is 906 g/mol. The fourth-order valence-corrected chi connectivity index (χ4v) is 10.4. The van der Waals surface area contributed by atoms with Crippen LogP contribution in [-0.2, 0) is 85.8 Å². The molecule has 2 aliphatic heterocycles. The number of hydrogen-bond acceptors (Lipinski definition) is 3. The predicted molar refractivity (Wildman–Crippen MR) is 233 cm³/mol. The summed E-state index contributed by atoms with van der Waals surface area (Å²) in [6.45, 7) is 13.8. The van der Waals surface area contributed by atoms with Gasteiger partial charge in [-0.15, -0.1) is 69.1 Å². The Hall–Kier alpha value is -2.73. The van der Waals surface area contributed by atoms with Crippen LogP contribution < -0.4 is 4.90 Å². The van der Waals surface area contributed by atoms with Gasteiger partial charge in [0.25, 0.3) is 0 Å². The molecule has 2 N–H and O–H groups in total. The normalized spacial score (nSPS) is 18.2. The van der Waals surface area contributed by atoms with Crippen molar-refractivity contribution in [3.63, 3.8) is 0 Å². The number of carboxylic acid groups (broad SMARTS) is 2. The summed E-state index contributed by atoms with van der Waals surface area (Å²) in [4.78, 5) is 26.1. The van der Waals surface area contributed by atoms with Gasteiger partial charge in [-0.25, -0.2) is 4.58 Å². The summed E-state index contributed by atoms with van der Waals surface area (Å²) in [5.74, 6) is -1.64. The number of carboxylic acids is 2. The first-order valence-electron chi connectivity index (χ1n) is 20.7. The number of carbonyl (C=O) groups is 2. The fraction of sp³-hybridized carbons (Fsp3) is 0.380. The van der Waals surface area contributed by atoms with Crippen LogP contribution in [0.1, 0.15) is 108 Å². The van der Waals surface area contributed by atoms with E-state index < -0.39 is 11.9 Å². The summed E-state index contributed by atoms with van der Waals surface area (Å²) >= 11 is 7.37. The van der Waals surface area contributed by atoms with E-state index in [0.717, 1.165) is 117 Å². The van der Waals surface area contributed by atoms with Crippen molar-refractivity contribution in [2.45, 2.75) is 110 Å². The Morgan fingerprint density at radius 1 is 0.797 bits per heavy atom. The number of hydrogen-bond donors (Lipinski definition) is 2. The largest absolute Gasteiger partial charge is 0.481 e. The quantitative estimate of drug-likeness (QED) is 0.103. The average molecular weight is 960 g/mol. The molecule has 0 atom stereocenters. The predicted octanol–water partition coefficient (Wildman–Crippen LogP) is 11.9. The van der Waals surface area contributed by atoms with Gasteiger partial charge < -0.3 is 15.1 Å². The van der Waals surface area contributed by atoms with Crippen LogP contribution in [0.2, 0.25) is 0 Å². The Kier molecular flexibility index (Phi) is 15.7. The number of fused-ring (bicyclic) bond motifs is 6. The Labute approximate surface area is 405 Å². The molecule has 1 aliphatic carbocycles. The monoisotopic (exact) mass is 959 g/mol. The van der Waals surface area contributed by atoms with Gasteiger partial charge in [0.2, 0.25) is 0 Å². The maximum Gasteiger partial charge on any atom is 0.309 e. The molecule has 0 saturated heterocycles. The zero-order valence-corrected chi connectivity index (χ0v) is 41.8. The minimum Gasteiger partial charge on any atom is -0.481 e. The summed E-state index contributed by atoms with van der Waals surface area (Å²) in [7, 11) is 0. The molecule has 4 aromatic rings. The molecule has 302 valence electrons. The number of nitrogens with zero attached hydrogens (tertiary/aromatic N) is 2. The van der Waals surface area contributed by atoms with Gasteiger partial charge in [-0.1, -0.05) is 89.1 Å². The van der Waals surface area contributed by atoms with Gasteiger partial charge in [0, 0.05) is 99.9 Å². The summed E-state index contributed by atoms with van der Waals surface area (Å²) < 4.78 is 2.22. The molecule has 0 aromatic heterocycles. The van der Waals surface area contributed by atoms with Crippen LogP contribution >= 0.6 is 11.6 Å². The summed E-state index contributed by atoms with van der Waals surface area (Å²) in [5.41, 5.74) is 10.6. The van der Waals surface area contributed by atoms with Crippen molar-refractivity contribution < 1.29 is 89.8 Å². The summed E-state index contributed by atoms with van der Waals surface area (Å²) in [6, 6.07) is 24.3. The molecule has 4 aromatic carbocycles. The molecule has 59 heavy (non-hydrogen) atoms. The van der Waals surface area contributed by atoms with E-state index in [4.69, 9.17) is 11.6 Å². The number of allylic oxidation sites excluding steroid dienone is 8. The van der Waals surface area contributed by atoms with Gasteiger partial charge in [0.15, 0.2) is 17.9 Å². The van der Waals surface area contributed by atoms with E-state index in [-0.39, 0.29) is 89.1 Å². The van der Waals surface area contributed by atoms with Gasteiger partial charge in [0.1, 0.15) is 6.42 Å². The van der Waals surface area contributed by atoms with E-state index in [1.54, 1.807) is 0 Å². The van der Waals surface area contributed by atoms with Crippen molar-refractivity contribution in [1.29, 1.82) is 0 Å². The van der Waals surface area contributed by atoms with Gasteiger partial charge in [0.05, 0.1) is 11.8 Å². The zero-order chi connectivity index (χ0) is 40.6. The molecule has 2 radical (unpaired) electrons. The first kappa shape index (κ1) is 47.3.